The summed E-state index contributed by atoms with van der Waals surface area (Å²) in [6.45, 7) is 3.43. The first-order chi connectivity index (χ1) is 10.1. The number of carbonyl (C=O) groups is 1. The van der Waals surface area contributed by atoms with E-state index in [1.807, 2.05) is 26.0 Å². The first-order valence-electron chi connectivity index (χ1n) is 6.32. The standard InChI is InChI=1S/C15H14N4O2/c1-10-7-11(2)18-15(17-10)19-14(20)9-21-13-6-4-3-5-12(13)8-16/h3-7H,9H2,1-2H3,(H,17,18,19,20). The van der Waals surface area contributed by atoms with E-state index in [0.717, 1.165) is 11.4 Å². The number of nitriles is 1. The van der Waals surface area contributed by atoms with Gasteiger partial charge in [0.15, 0.2) is 6.61 Å². The summed E-state index contributed by atoms with van der Waals surface area (Å²) in [5.74, 6) is 0.235. The minimum Gasteiger partial charge on any atom is -0.482 e. The lowest BCUT2D eigenvalue weighted by molar-refractivity contribution is -0.118. The van der Waals surface area contributed by atoms with Crippen LogP contribution >= 0.6 is 0 Å². The molecule has 0 saturated heterocycles. The normalized spacial score (nSPS) is 9.76. The summed E-state index contributed by atoms with van der Waals surface area (Å²) >= 11 is 0. The number of carbonyl (C=O) groups excluding carboxylic acids is 1. The van der Waals surface area contributed by atoms with E-state index in [4.69, 9.17) is 10.00 Å². The minimum atomic E-state index is -0.382. The molecule has 0 spiro atoms. The Labute approximate surface area is 122 Å². The van der Waals surface area contributed by atoms with Gasteiger partial charge in [0.1, 0.15) is 11.8 Å². The van der Waals surface area contributed by atoms with Crippen molar-refractivity contribution in [2.45, 2.75) is 13.8 Å². The number of benzene rings is 1. The van der Waals surface area contributed by atoms with Crippen molar-refractivity contribution in [2.75, 3.05) is 11.9 Å². The Bertz CT molecular complexity index is 687. The third-order valence-electron chi connectivity index (χ3n) is 2.60. The summed E-state index contributed by atoms with van der Waals surface area (Å²) < 4.78 is 5.33. The largest absolute Gasteiger partial charge is 0.482 e. The molecule has 1 N–H and O–H groups in total. The van der Waals surface area contributed by atoms with Gasteiger partial charge in [-0.15, -0.1) is 0 Å². The van der Waals surface area contributed by atoms with Crippen molar-refractivity contribution in [1.29, 1.82) is 5.26 Å². The first-order valence-corrected chi connectivity index (χ1v) is 6.32. The number of nitrogens with zero attached hydrogens (tertiary/aromatic N) is 3. The lowest BCUT2D eigenvalue weighted by Crippen LogP contribution is -2.22. The van der Waals surface area contributed by atoms with E-state index in [2.05, 4.69) is 15.3 Å². The lowest BCUT2D eigenvalue weighted by atomic mass is 10.2. The molecule has 0 saturated carbocycles. The van der Waals surface area contributed by atoms with Crippen molar-refractivity contribution in [2.24, 2.45) is 0 Å². The molecule has 2 rings (SSSR count). The second kappa shape index (κ2) is 6.48. The molecule has 1 aromatic carbocycles. The summed E-state index contributed by atoms with van der Waals surface area (Å²) in [4.78, 5) is 20.0. The quantitative estimate of drug-likeness (QED) is 0.926. The smallest absolute Gasteiger partial charge is 0.264 e. The molecule has 0 bridgehead atoms. The molecule has 0 unspecified atom stereocenters. The van der Waals surface area contributed by atoms with Crippen LogP contribution in [0.3, 0.4) is 0 Å². The van der Waals surface area contributed by atoms with Crippen molar-refractivity contribution in [3.63, 3.8) is 0 Å². The van der Waals surface area contributed by atoms with Crippen molar-refractivity contribution >= 4 is 11.9 Å². The maximum absolute atomic E-state index is 11.8. The number of para-hydroxylation sites is 1. The van der Waals surface area contributed by atoms with Gasteiger partial charge in [0.25, 0.3) is 5.91 Å². The zero-order valence-corrected chi connectivity index (χ0v) is 11.8. The zero-order chi connectivity index (χ0) is 15.2. The molecule has 1 aromatic heterocycles. The van der Waals surface area contributed by atoms with Gasteiger partial charge in [0.05, 0.1) is 5.56 Å². The second-order valence-corrected chi connectivity index (χ2v) is 4.42. The fourth-order valence-electron chi connectivity index (χ4n) is 1.77. The van der Waals surface area contributed by atoms with E-state index in [0.29, 0.717) is 11.3 Å². The Balaban J connectivity index is 1.98. The van der Waals surface area contributed by atoms with Gasteiger partial charge in [-0.1, -0.05) is 12.1 Å². The third kappa shape index (κ3) is 4.01. The predicted molar refractivity (Wildman–Crippen MR) is 76.8 cm³/mol. The molecule has 0 fully saturated rings. The van der Waals surface area contributed by atoms with Gasteiger partial charge >= 0.3 is 0 Å². The minimum absolute atomic E-state index is 0.213. The van der Waals surface area contributed by atoms with E-state index in [-0.39, 0.29) is 18.5 Å². The van der Waals surface area contributed by atoms with Crippen LogP contribution in [0.1, 0.15) is 17.0 Å². The Morgan fingerprint density at radius 3 is 2.62 bits per heavy atom. The van der Waals surface area contributed by atoms with Gasteiger partial charge in [-0.3, -0.25) is 10.1 Å². The Morgan fingerprint density at radius 2 is 1.95 bits per heavy atom. The maximum Gasteiger partial charge on any atom is 0.264 e. The maximum atomic E-state index is 11.8. The molecule has 0 aliphatic rings. The summed E-state index contributed by atoms with van der Waals surface area (Å²) in [5, 5.41) is 11.5. The van der Waals surface area contributed by atoms with Crippen LogP contribution < -0.4 is 10.1 Å². The summed E-state index contributed by atoms with van der Waals surface area (Å²) in [5.41, 5.74) is 1.93. The van der Waals surface area contributed by atoms with Gasteiger partial charge in [0.2, 0.25) is 5.95 Å². The van der Waals surface area contributed by atoms with Crippen LogP contribution in [0.5, 0.6) is 5.75 Å². The van der Waals surface area contributed by atoms with Gasteiger partial charge in [-0.05, 0) is 32.0 Å². The molecule has 106 valence electrons. The highest BCUT2D eigenvalue weighted by molar-refractivity contribution is 5.90. The molecule has 21 heavy (non-hydrogen) atoms. The number of hydrogen-bond donors (Lipinski definition) is 1. The van der Waals surface area contributed by atoms with Crippen LogP contribution in [-0.4, -0.2) is 22.5 Å². The molecule has 1 heterocycles. The Hall–Kier alpha value is -2.94. The molecule has 0 aliphatic carbocycles. The number of nitrogens with one attached hydrogen (secondary N) is 1. The van der Waals surface area contributed by atoms with Crippen LogP contribution in [0, 0.1) is 25.2 Å². The average molecular weight is 282 g/mol. The van der Waals surface area contributed by atoms with Gasteiger partial charge in [0, 0.05) is 11.4 Å². The first kappa shape index (κ1) is 14.5. The SMILES string of the molecule is Cc1cc(C)nc(NC(=O)COc2ccccc2C#N)n1. The molecule has 0 radical (unpaired) electrons. The zero-order valence-electron chi connectivity index (χ0n) is 11.8. The number of aromatic nitrogens is 2. The van der Waals surface area contributed by atoms with E-state index in [1.165, 1.54) is 0 Å². The molecule has 6 nitrogen and oxygen atoms in total. The number of ether oxygens (including phenoxy) is 1. The van der Waals surface area contributed by atoms with Gasteiger partial charge < -0.3 is 4.74 Å². The van der Waals surface area contributed by atoms with E-state index < -0.39 is 0 Å². The number of hydrogen-bond acceptors (Lipinski definition) is 5. The van der Waals surface area contributed by atoms with Crippen molar-refractivity contribution < 1.29 is 9.53 Å². The van der Waals surface area contributed by atoms with Crippen LogP contribution in [0.2, 0.25) is 0 Å². The monoisotopic (exact) mass is 282 g/mol. The third-order valence-corrected chi connectivity index (χ3v) is 2.60. The van der Waals surface area contributed by atoms with Crippen LogP contribution in [0.15, 0.2) is 30.3 Å². The number of rotatable bonds is 4. The van der Waals surface area contributed by atoms with Crippen LogP contribution in [0.4, 0.5) is 5.95 Å². The highest BCUT2D eigenvalue weighted by atomic mass is 16.5. The van der Waals surface area contributed by atoms with E-state index >= 15 is 0 Å². The summed E-state index contributed by atoms with van der Waals surface area (Å²) in [6, 6.07) is 10.5. The van der Waals surface area contributed by atoms with E-state index in [9.17, 15) is 4.79 Å². The summed E-state index contributed by atoms with van der Waals surface area (Å²) in [7, 11) is 0. The molecule has 6 heteroatoms. The fraction of sp³-hybridized carbons (Fsp3) is 0.200. The van der Waals surface area contributed by atoms with Gasteiger partial charge in [-0.25, -0.2) is 9.97 Å². The van der Waals surface area contributed by atoms with E-state index in [1.54, 1.807) is 24.3 Å². The van der Waals surface area contributed by atoms with Crippen molar-refractivity contribution in [1.82, 2.24) is 9.97 Å². The lowest BCUT2D eigenvalue weighted by Gasteiger charge is -2.08. The predicted octanol–water partition coefficient (Wildman–Crippen LogP) is 1.98. The molecule has 2 aromatic rings. The van der Waals surface area contributed by atoms with Crippen LogP contribution in [-0.2, 0) is 4.79 Å². The topological polar surface area (TPSA) is 87.9 Å². The number of amides is 1. The molecule has 0 atom stereocenters. The Kier molecular flexibility index (Phi) is 4.46. The highest BCUT2D eigenvalue weighted by Gasteiger charge is 2.08. The average Bonchev–Trinajstić information content (AvgIpc) is 2.44. The molecular weight excluding hydrogens is 268 g/mol. The second-order valence-electron chi connectivity index (χ2n) is 4.42. The fourth-order valence-corrected chi connectivity index (χ4v) is 1.77. The van der Waals surface area contributed by atoms with Gasteiger partial charge in [-0.2, -0.15) is 5.26 Å². The van der Waals surface area contributed by atoms with Crippen molar-refractivity contribution in [3.05, 3.63) is 47.3 Å². The molecular formula is C15H14N4O2. The Morgan fingerprint density at radius 1 is 1.29 bits per heavy atom. The number of aryl methyl sites for hydroxylation is 2. The number of anilines is 1. The van der Waals surface area contributed by atoms with Crippen molar-refractivity contribution in [3.8, 4) is 11.8 Å². The van der Waals surface area contributed by atoms with Crippen LogP contribution in [0.25, 0.3) is 0 Å². The molecule has 1 amide bonds. The molecule has 0 aliphatic heterocycles. The highest BCUT2D eigenvalue weighted by Crippen LogP contribution is 2.16. The summed E-state index contributed by atoms with van der Waals surface area (Å²) in [6.07, 6.45) is 0.